The number of nitrogens with zero attached hydrogens (tertiary/aromatic N) is 1. The maximum Gasteiger partial charge on any atom is 0.0125 e. The maximum absolute atomic E-state index is 3.72. The molecule has 3 saturated heterocycles. The Kier molecular flexibility index (Phi) is 3.21. The van der Waals surface area contributed by atoms with Crippen molar-refractivity contribution in [3.8, 4) is 0 Å². The number of fused-ring (bicyclic) bond motifs is 2. The fraction of sp³-hybridized carbons (Fsp3) is 1.00. The lowest BCUT2D eigenvalue weighted by molar-refractivity contribution is 0.105. The largest absolute Gasteiger partial charge is 0.314 e. The number of rotatable bonds is 2. The van der Waals surface area contributed by atoms with E-state index in [1.54, 1.807) is 0 Å². The van der Waals surface area contributed by atoms with Crippen LogP contribution in [0.2, 0.25) is 0 Å². The van der Waals surface area contributed by atoms with Crippen LogP contribution in [0.5, 0.6) is 0 Å². The monoisotopic (exact) mass is 222 g/mol. The first kappa shape index (κ1) is 11.0. The van der Waals surface area contributed by atoms with Crippen LogP contribution in [-0.4, -0.2) is 36.6 Å². The minimum absolute atomic E-state index is 0.837. The second-order valence-electron chi connectivity index (χ2n) is 6.18. The molecule has 2 bridgehead atoms. The highest BCUT2D eigenvalue weighted by atomic mass is 15.2. The molecule has 3 heterocycles. The van der Waals surface area contributed by atoms with Crippen molar-refractivity contribution in [1.29, 1.82) is 0 Å². The maximum atomic E-state index is 3.72. The third-order valence-corrected chi connectivity index (χ3v) is 5.31. The summed E-state index contributed by atoms with van der Waals surface area (Å²) < 4.78 is 0. The minimum Gasteiger partial charge on any atom is -0.314 e. The summed E-state index contributed by atoms with van der Waals surface area (Å²) in [5, 5.41) is 3.72. The van der Waals surface area contributed by atoms with Gasteiger partial charge in [-0.3, -0.25) is 0 Å². The van der Waals surface area contributed by atoms with E-state index in [0.717, 1.165) is 24.0 Å². The Morgan fingerprint density at radius 1 is 1.06 bits per heavy atom. The summed E-state index contributed by atoms with van der Waals surface area (Å²) in [5.74, 6) is 0.986. The molecular formula is C14H26N2. The van der Waals surface area contributed by atoms with Crippen molar-refractivity contribution in [3.05, 3.63) is 0 Å². The molecule has 0 spiro atoms. The van der Waals surface area contributed by atoms with Crippen molar-refractivity contribution >= 4 is 0 Å². The summed E-state index contributed by atoms with van der Waals surface area (Å²) in [7, 11) is 2.36. The fourth-order valence-electron chi connectivity index (χ4n) is 4.32. The van der Waals surface area contributed by atoms with Gasteiger partial charge >= 0.3 is 0 Å². The molecule has 0 aromatic heterocycles. The van der Waals surface area contributed by atoms with Crippen LogP contribution in [0.15, 0.2) is 0 Å². The first-order chi connectivity index (χ1) is 7.84. The van der Waals surface area contributed by atoms with Crippen molar-refractivity contribution in [2.24, 2.45) is 5.92 Å². The molecule has 2 heteroatoms. The topological polar surface area (TPSA) is 15.3 Å². The second kappa shape index (κ2) is 4.66. The molecule has 0 aromatic carbocycles. The van der Waals surface area contributed by atoms with Crippen LogP contribution in [0.1, 0.15) is 51.4 Å². The molecule has 3 fully saturated rings. The van der Waals surface area contributed by atoms with Gasteiger partial charge in [-0.25, -0.2) is 0 Å². The van der Waals surface area contributed by atoms with Gasteiger partial charge in [0.15, 0.2) is 0 Å². The van der Waals surface area contributed by atoms with Crippen LogP contribution >= 0.6 is 0 Å². The molecule has 3 aliphatic heterocycles. The Bertz CT molecular complexity index is 235. The quantitative estimate of drug-likeness (QED) is 0.772. The van der Waals surface area contributed by atoms with E-state index in [1.807, 2.05) is 0 Å². The standard InChI is InChI=1S/C14H26N2/c1-16-13-6-5-11(14(16)8-7-13)10-12-4-2-3-9-15-12/h11-15H,2-10H2,1H3/t11-,12-,13-,14+/m0/s1. The molecule has 0 aliphatic carbocycles. The van der Waals surface area contributed by atoms with E-state index in [4.69, 9.17) is 0 Å². The zero-order valence-electron chi connectivity index (χ0n) is 10.6. The smallest absolute Gasteiger partial charge is 0.0125 e. The van der Waals surface area contributed by atoms with Gasteiger partial charge in [-0.1, -0.05) is 6.42 Å². The highest BCUT2D eigenvalue weighted by molar-refractivity contribution is 4.96. The molecule has 0 amide bonds. The van der Waals surface area contributed by atoms with Crippen LogP contribution in [0.25, 0.3) is 0 Å². The molecule has 16 heavy (non-hydrogen) atoms. The fourth-order valence-corrected chi connectivity index (χ4v) is 4.32. The first-order valence-corrected chi connectivity index (χ1v) is 7.30. The van der Waals surface area contributed by atoms with Gasteiger partial charge in [-0.2, -0.15) is 0 Å². The zero-order chi connectivity index (χ0) is 11.0. The van der Waals surface area contributed by atoms with Gasteiger partial charge in [-0.15, -0.1) is 0 Å². The van der Waals surface area contributed by atoms with Crippen LogP contribution in [0.3, 0.4) is 0 Å². The van der Waals surface area contributed by atoms with Crippen molar-refractivity contribution in [2.75, 3.05) is 13.6 Å². The molecule has 3 rings (SSSR count). The summed E-state index contributed by atoms with van der Waals surface area (Å²) in [6.07, 6.45) is 11.6. The van der Waals surface area contributed by atoms with Crippen LogP contribution in [-0.2, 0) is 0 Å². The zero-order valence-corrected chi connectivity index (χ0v) is 10.6. The van der Waals surface area contributed by atoms with E-state index in [1.165, 1.54) is 57.9 Å². The number of piperidine rings is 2. The Morgan fingerprint density at radius 2 is 1.94 bits per heavy atom. The van der Waals surface area contributed by atoms with Crippen molar-refractivity contribution in [2.45, 2.75) is 69.5 Å². The van der Waals surface area contributed by atoms with E-state index in [-0.39, 0.29) is 0 Å². The van der Waals surface area contributed by atoms with Crippen LogP contribution in [0, 0.1) is 5.92 Å². The van der Waals surface area contributed by atoms with Crippen molar-refractivity contribution < 1.29 is 0 Å². The summed E-state index contributed by atoms with van der Waals surface area (Å²) >= 11 is 0. The minimum atomic E-state index is 0.837. The predicted octanol–water partition coefficient (Wildman–Crippen LogP) is 2.39. The van der Waals surface area contributed by atoms with E-state index in [0.29, 0.717) is 0 Å². The Balaban J connectivity index is 1.57. The average molecular weight is 222 g/mol. The summed E-state index contributed by atoms with van der Waals surface area (Å²) in [6, 6.07) is 2.69. The Labute approximate surface area is 99.8 Å². The molecule has 92 valence electrons. The predicted molar refractivity (Wildman–Crippen MR) is 67.6 cm³/mol. The highest BCUT2D eigenvalue weighted by Crippen LogP contribution is 2.40. The molecule has 0 saturated carbocycles. The van der Waals surface area contributed by atoms with E-state index in [2.05, 4.69) is 17.3 Å². The molecular weight excluding hydrogens is 196 g/mol. The van der Waals surface area contributed by atoms with Gasteiger partial charge in [0.25, 0.3) is 0 Å². The molecule has 1 N–H and O–H groups in total. The summed E-state index contributed by atoms with van der Waals surface area (Å²) in [5.41, 5.74) is 0. The lowest BCUT2D eigenvalue weighted by Crippen LogP contribution is -2.45. The van der Waals surface area contributed by atoms with Gasteiger partial charge in [0.05, 0.1) is 0 Å². The SMILES string of the molecule is CN1[C@H]2CC[C@@H](C[C@@H]3CCCCN3)[C@H]1CC2. The molecule has 0 aromatic rings. The van der Waals surface area contributed by atoms with Gasteiger partial charge in [0.2, 0.25) is 0 Å². The van der Waals surface area contributed by atoms with Gasteiger partial charge in [-0.05, 0) is 64.5 Å². The van der Waals surface area contributed by atoms with E-state index >= 15 is 0 Å². The second-order valence-corrected chi connectivity index (χ2v) is 6.18. The van der Waals surface area contributed by atoms with E-state index < -0.39 is 0 Å². The first-order valence-electron chi connectivity index (χ1n) is 7.30. The molecule has 0 radical (unpaired) electrons. The molecule has 4 atom stereocenters. The Morgan fingerprint density at radius 3 is 2.75 bits per heavy atom. The van der Waals surface area contributed by atoms with Crippen LogP contribution < -0.4 is 5.32 Å². The summed E-state index contributed by atoms with van der Waals surface area (Å²) in [6.45, 7) is 1.26. The molecule has 0 unspecified atom stereocenters. The number of hydrogen-bond donors (Lipinski definition) is 1. The Hall–Kier alpha value is -0.0800. The summed E-state index contributed by atoms with van der Waals surface area (Å²) in [4.78, 5) is 2.69. The third-order valence-electron chi connectivity index (χ3n) is 5.31. The highest BCUT2D eigenvalue weighted by Gasteiger charge is 2.40. The molecule has 3 aliphatic rings. The van der Waals surface area contributed by atoms with Gasteiger partial charge in [0, 0.05) is 18.1 Å². The van der Waals surface area contributed by atoms with Crippen molar-refractivity contribution in [3.63, 3.8) is 0 Å². The van der Waals surface area contributed by atoms with Gasteiger partial charge < -0.3 is 10.2 Å². The number of hydrogen-bond acceptors (Lipinski definition) is 2. The normalized spacial score (nSPS) is 44.8. The van der Waals surface area contributed by atoms with E-state index in [9.17, 15) is 0 Å². The lowest BCUT2D eigenvalue weighted by Gasteiger charge is -2.39. The van der Waals surface area contributed by atoms with Crippen molar-refractivity contribution in [1.82, 2.24) is 10.2 Å². The van der Waals surface area contributed by atoms with Crippen LogP contribution in [0.4, 0.5) is 0 Å². The van der Waals surface area contributed by atoms with Gasteiger partial charge in [0.1, 0.15) is 0 Å². The number of nitrogens with one attached hydrogen (secondary N) is 1. The molecule has 2 nitrogen and oxygen atoms in total. The average Bonchev–Trinajstić information content (AvgIpc) is 2.55. The lowest BCUT2D eigenvalue weighted by atomic mass is 9.83. The third kappa shape index (κ3) is 2.02.